The molecule has 0 spiro atoms. The number of thiophene rings is 1. The summed E-state index contributed by atoms with van der Waals surface area (Å²) in [5.74, 6) is -2.93. The van der Waals surface area contributed by atoms with Crippen LogP contribution in [0.4, 0.5) is 35.9 Å². The first kappa shape index (κ1) is 35.8. The van der Waals surface area contributed by atoms with Crippen LogP contribution in [0.2, 0.25) is 0 Å². The van der Waals surface area contributed by atoms with E-state index in [9.17, 15) is 36.9 Å². The van der Waals surface area contributed by atoms with Crippen molar-refractivity contribution in [2.75, 3.05) is 41.4 Å². The Hall–Kier alpha value is -5.00. The number of sulfonamides is 1. The normalized spacial score (nSPS) is 11.3. The number of halogens is 2. The highest BCUT2D eigenvalue weighted by Gasteiger charge is 2.33. The topological polar surface area (TPSA) is 164 Å². The van der Waals surface area contributed by atoms with Gasteiger partial charge in [0.2, 0.25) is 10.0 Å². The standard InChI is InChI=1S/C31H32F2N6O7S2/c1-5-46-31(41)38(18-21-23(32)9-7-10-24(21)33)30-27(29(40)35-25-11-8-12-26(34-25)36-48(44,45)6-2)22(17-37(3)4)28(47-30)19-13-15-20(16-14-19)39(42)43/h7-16H,5-6,17-18H2,1-4H3,(H2,34,35,36,40). The molecule has 0 saturated carbocycles. The monoisotopic (exact) mass is 702 g/mol. The van der Waals surface area contributed by atoms with Gasteiger partial charge in [0.25, 0.3) is 11.6 Å². The Labute approximate surface area is 279 Å². The molecule has 4 aromatic rings. The number of nitro groups is 1. The van der Waals surface area contributed by atoms with E-state index >= 15 is 0 Å². The fraction of sp³-hybridized carbons (Fsp3) is 0.258. The minimum atomic E-state index is -3.69. The summed E-state index contributed by atoms with van der Waals surface area (Å²) >= 11 is 0.952. The van der Waals surface area contributed by atoms with E-state index in [1.54, 1.807) is 25.9 Å². The molecule has 0 aliphatic carbocycles. The maximum absolute atomic E-state index is 14.9. The number of anilines is 3. The smallest absolute Gasteiger partial charge is 0.415 e. The number of hydrogen-bond acceptors (Lipinski definition) is 10. The SMILES string of the molecule is CCOC(=O)N(Cc1c(F)cccc1F)c1sc(-c2ccc([N+](=O)[O-])cc2)c(CN(C)C)c1C(=O)Nc1cccc(NS(=O)(=O)CC)n1. The fourth-order valence-electron chi connectivity index (χ4n) is 4.54. The maximum atomic E-state index is 14.9. The Morgan fingerprint density at radius 3 is 2.17 bits per heavy atom. The quantitative estimate of drug-likeness (QED) is 0.121. The van der Waals surface area contributed by atoms with Crippen LogP contribution in [-0.2, 0) is 27.8 Å². The molecule has 254 valence electrons. The number of non-ortho nitro benzene ring substituents is 1. The van der Waals surface area contributed by atoms with Gasteiger partial charge in [-0.05, 0) is 75.5 Å². The summed E-state index contributed by atoms with van der Waals surface area (Å²) in [4.78, 5) is 45.8. The number of carbonyl (C=O) groups excluding carboxylic acids is 2. The average molecular weight is 703 g/mol. The van der Waals surface area contributed by atoms with Gasteiger partial charge in [-0.1, -0.05) is 12.1 Å². The van der Waals surface area contributed by atoms with Gasteiger partial charge in [-0.3, -0.25) is 24.5 Å². The molecule has 0 radical (unpaired) electrons. The van der Waals surface area contributed by atoms with E-state index in [-0.39, 0.29) is 46.8 Å². The minimum Gasteiger partial charge on any atom is -0.449 e. The zero-order chi connectivity index (χ0) is 35.2. The molecular weight excluding hydrogens is 671 g/mol. The summed E-state index contributed by atoms with van der Waals surface area (Å²) < 4.78 is 61.6. The van der Waals surface area contributed by atoms with Gasteiger partial charge in [-0.25, -0.2) is 27.0 Å². The summed E-state index contributed by atoms with van der Waals surface area (Å²) in [6, 6.07) is 13.1. The van der Waals surface area contributed by atoms with E-state index in [2.05, 4.69) is 15.0 Å². The summed E-state index contributed by atoms with van der Waals surface area (Å²) in [5, 5.41) is 14.0. The zero-order valence-corrected chi connectivity index (χ0v) is 28.0. The predicted molar refractivity (Wildman–Crippen MR) is 179 cm³/mol. The van der Waals surface area contributed by atoms with Crippen molar-refractivity contribution in [2.24, 2.45) is 0 Å². The van der Waals surface area contributed by atoms with Crippen molar-refractivity contribution >= 4 is 55.7 Å². The average Bonchev–Trinajstić information content (AvgIpc) is 3.39. The van der Waals surface area contributed by atoms with Crippen molar-refractivity contribution in [2.45, 2.75) is 26.9 Å². The van der Waals surface area contributed by atoms with Crippen LogP contribution in [0.1, 0.15) is 35.3 Å². The van der Waals surface area contributed by atoms with Crippen molar-refractivity contribution in [1.82, 2.24) is 9.88 Å². The second-order valence-corrected chi connectivity index (χ2v) is 13.5. The van der Waals surface area contributed by atoms with Crippen LogP contribution in [0.25, 0.3) is 10.4 Å². The maximum Gasteiger partial charge on any atom is 0.415 e. The lowest BCUT2D eigenvalue weighted by Gasteiger charge is -2.23. The first-order valence-electron chi connectivity index (χ1n) is 14.5. The van der Waals surface area contributed by atoms with Crippen molar-refractivity contribution in [1.29, 1.82) is 0 Å². The van der Waals surface area contributed by atoms with Crippen molar-refractivity contribution in [3.8, 4) is 10.4 Å². The molecule has 2 aromatic heterocycles. The molecule has 0 bridgehead atoms. The lowest BCUT2D eigenvalue weighted by molar-refractivity contribution is -0.384. The minimum absolute atomic E-state index is 0.0263. The molecule has 17 heteroatoms. The largest absolute Gasteiger partial charge is 0.449 e. The first-order chi connectivity index (χ1) is 22.7. The van der Waals surface area contributed by atoms with Gasteiger partial charge in [0, 0.05) is 29.1 Å². The second kappa shape index (κ2) is 15.3. The van der Waals surface area contributed by atoms with Crippen molar-refractivity contribution < 1.29 is 36.4 Å². The van der Waals surface area contributed by atoms with Crippen LogP contribution in [0, 0.1) is 21.7 Å². The van der Waals surface area contributed by atoms with Gasteiger partial charge in [0.15, 0.2) is 0 Å². The summed E-state index contributed by atoms with van der Waals surface area (Å²) in [5.41, 5.74) is 0.174. The van der Waals surface area contributed by atoms with Crippen molar-refractivity contribution in [3.05, 3.63) is 99.1 Å². The number of amides is 2. The molecule has 2 heterocycles. The van der Waals surface area contributed by atoms with Crippen LogP contribution in [0.3, 0.4) is 0 Å². The van der Waals surface area contributed by atoms with E-state index in [0.717, 1.165) is 28.4 Å². The number of hydrogen-bond donors (Lipinski definition) is 2. The Morgan fingerprint density at radius 1 is 0.958 bits per heavy atom. The number of carbonyl (C=O) groups is 2. The van der Waals surface area contributed by atoms with Gasteiger partial charge in [0.1, 0.15) is 28.3 Å². The number of benzene rings is 2. The Kier molecular flexibility index (Phi) is 11.4. The van der Waals surface area contributed by atoms with Gasteiger partial charge in [-0.15, -0.1) is 11.3 Å². The molecule has 0 saturated heterocycles. The molecule has 0 atom stereocenters. The number of nitrogens with one attached hydrogen (secondary N) is 2. The lowest BCUT2D eigenvalue weighted by Crippen LogP contribution is -2.33. The highest BCUT2D eigenvalue weighted by atomic mass is 32.2. The molecule has 0 aliphatic heterocycles. The molecule has 2 amide bonds. The zero-order valence-electron chi connectivity index (χ0n) is 26.3. The predicted octanol–water partition coefficient (Wildman–Crippen LogP) is 6.24. The van der Waals surface area contributed by atoms with Gasteiger partial charge < -0.3 is 15.0 Å². The number of rotatable bonds is 13. The van der Waals surface area contributed by atoms with Crippen LogP contribution >= 0.6 is 11.3 Å². The second-order valence-electron chi connectivity index (χ2n) is 10.5. The van der Waals surface area contributed by atoms with E-state index in [4.69, 9.17) is 4.74 Å². The van der Waals surface area contributed by atoms with Crippen LogP contribution in [-0.4, -0.2) is 61.7 Å². The molecule has 2 aromatic carbocycles. The third kappa shape index (κ3) is 8.47. The van der Waals surface area contributed by atoms with E-state index < -0.39 is 50.7 Å². The molecule has 0 aliphatic rings. The van der Waals surface area contributed by atoms with Crippen molar-refractivity contribution in [3.63, 3.8) is 0 Å². The Bertz CT molecular complexity index is 1920. The third-order valence-corrected chi connectivity index (χ3v) is 9.36. The van der Waals surface area contributed by atoms with E-state index in [1.165, 1.54) is 55.5 Å². The number of nitro benzene ring substituents is 1. The number of nitrogens with zero attached hydrogens (tertiary/aromatic N) is 4. The summed E-state index contributed by atoms with van der Waals surface area (Å²) in [6.07, 6.45) is -0.990. The Morgan fingerprint density at radius 2 is 1.58 bits per heavy atom. The molecule has 0 unspecified atom stereocenters. The van der Waals surface area contributed by atoms with Gasteiger partial charge in [-0.2, -0.15) is 0 Å². The Balaban J connectivity index is 1.94. The summed E-state index contributed by atoms with van der Waals surface area (Å²) in [7, 11) is -0.211. The molecule has 13 nitrogen and oxygen atoms in total. The number of aromatic nitrogens is 1. The molecule has 48 heavy (non-hydrogen) atoms. The molecular formula is C31H32F2N6O7S2. The molecule has 2 N–H and O–H groups in total. The van der Waals surface area contributed by atoms with Crippen LogP contribution in [0.15, 0.2) is 60.7 Å². The first-order valence-corrected chi connectivity index (χ1v) is 16.9. The number of pyridine rings is 1. The lowest BCUT2D eigenvalue weighted by atomic mass is 10.0. The van der Waals surface area contributed by atoms with Gasteiger partial charge >= 0.3 is 6.09 Å². The fourth-order valence-corrected chi connectivity index (χ4v) is 6.43. The van der Waals surface area contributed by atoms with Crippen LogP contribution < -0.4 is 14.9 Å². The summed E-state index contributed by atoms with van der Waals surface area (Å²) in [6.45, 7) is 2.38. The highest BCUT2D eigenvalue weighted by molar-refractivity contribution is 7.92. The van der Waals surface area contributed by atoms with Gasteiger partial charge in [0.05, 0.1) is 29.4 Å². The van der Waals surface area contributed by atoms with E-state index in [0.29, 0.717) is 16.0 Å². The highest BCUT2D eigenvalue weighted by Crippen LogP contribution is 2.44. The van der Waals surface area contributed by atoms with Crippen LogP contribution in [0.5, 0.6) is 0 Å². The third-order valence-electron chi connectivity index (χ3n) is 6.77. The molecule has 0 fully saturated rings. The van der Waals surface area contributed by atoms with E-state index in [1.807, 2.05) is 0 Å². The molecule has 4 rings (SSSR count). The number of ether oxygens (including phenoxy) is 1.